The average molecular weight is 381 g/mol. The molecule has 0 fully saturated rings. The molecular weight excluding hydrogens is 355 g/mol. The lowest BCUT2D eigenvalue weighted by Crippen LogP contribution is -2.35. The molecule has 138 valence electrons. The molecule has 0 radical (unpaired) electrons. The normalized spacial score (nSPS) is 12.5. The van der Waals surface area contributed by atoms with Gasteiger partial charge in [0, 0.05) is 0 Å². The lowest BCUT2D eigenvalue weighted by Gasteiger charge is -2.34. The Morgan fingerprint density at radius 3 is 1.14 bits per heavy atom. The zero-order valence-corrected chi connectivity index (χ0v) is 17.2. The summed E-state index contributed by atoms with van der Waals surface area (Å²) in [5.74, 6) is 0. The van der Waals surface area contributed by atoms with E-state index in [0.29, 0.717) is 5.66 Å². The quantitative estimate of drug-likeness (QED) is 0.352. The minimum absolute atomic E-state index is 0.431. The van der Waals surface area contributed by atoms with Crippen LogP contribution in [0.1, 0.15) is 24.6 Å². The summed E-state index contributed by atoms with van der Waals surface area (Å²) in [4.78, 5) is 0. The molecule has 0 heterocycles. The van der Waals surface area contributed by atoms with Crippen molar-refractivity contribution >= 4 is 23.2 Å². The highest BCUT2D eigenvalue weighted by molar-refractivity contribution is 7.96. The summed E-state index contributed by atoms with van der Waals surface area (Å²) in [5, 5.41) is 4.34. The van der Waals surface area contributed by atoms with Gasteiger partial charge in [0.25, 0.3) is 0 Å². The van der Waals surface area contributed by atoms with Crippen molar-refractivity contribution in [3.05, 3.63) is 127 Å². The summed E-state index contributed by atoms with van der Waals surface area (Å²) in [7, 11) is -1.89. The topological polar surface area (TPSA) is 0 Å². The largest absolute Gasteiger partial charge is 0.119 e. The molecule has 0 aromatic heterocycles. The van der Waals surface area contributed by atoms with Crippen LogP contribution in [0.4, 0.5) is 0 Å². The van der Waals surface area contributed by atoms with Crippen LogP contribution in [-0.2, 0) is 0 Å². The van der Waals surface area contributed by atoms with Gasteiger partial charge in [0.1, 0.15) is 28.8 Å². The van der Waals surface area contributed by atoms with Crippen LogP contribution in [0.3, 0.4) is 0 Å². The molecule has 28 heavy (non-hydrogen) atoms. The Morgan fingerprint density at radius 1 is 0.500 bits per heavy atom. The zero-order chi connectivity index (χ0) is 19.2. The first-order valence-corrected chi connectivity index (χ1v) is 11.8. The van der Waals surface area contributed by atoms with Crippen molar-refractivity contribution in [1.82, 2.24) is 0 Å². The summed E-state index contributed by atoms with van der Waals surface area (Å²) in [6, 6.07) is 44.6. The molecule has 0 aliphatic heterocycles. The van der Waals surface area contributed by atoms with Crippen LogP contribution >= 0.6 is 7.26 Å². The van der Waals surface area contributed by atoms with Gasteiger partial charge >= 0.3 is 0 Å². The highest BCUT2D eigenvalue weighted by atomic mass is 31.2. The summed E-state index contributed by atoms with van der Waals surface area (Å²) >= 11 is 0. The second-order valence-electron chi connectivity index (χ2n) is 7.06. The van der Waals surface area contributed by atoms with E-state index in [1.54, 1.807) is 0 Å². The number of hydrogen-bond donors (Lipinski definition) is 0. The average Bonchev–Trinajstić information content (AvgIpc) is 2.80. The minimum atomic E-state index is -1.89. The summed E-state index contributed by atoms with van der Waals surface area (Å²) in [6.45, 7) is 2.33. The monoisotopic (exact) mass is 381 g/mol. The Labute approximate surface area is 169 Å². The van der Waals surface area contributed by atoms with Crippen LogP contribution in [0.25, 0.3) is 0 Å². The van der Waals surface area contributed by atoms with Crippen LogP contribution in [0.2, 0.25) is 0 Å². The predicted octanol–water partition coefficient (Wildman–Crippen LogP) is 6.13. The lowest BCUT2D eigenvalue weighted by atomic mass is 10.1. The van der Waals surface area contributed by atoms with E-state index >= 15 is 0 Å². The van der Waals surface area contributed by atoms with Crippen LogP contribution < -0.4 is 15.9 Å². The van der Waals surface area contributed by atoms with Gasteiger partial charge in [-0.3, -0.25) is 0 Å². The molecule has 4 rings (SSSR count). The van der Waals surface area contributed by atoms with Gasteiger partial charge in [-0.2, -0.15) is 0 Å². The van der Waals surface area contributed by atoms with Crippen LogP contribution in [0.15, 0.2) is 121 Å². The Kier molecular flexibility index (Phi) is 5.70. The maximum absolute atomic E-state index is 2.33. The van der Waals surface area contributed by atoms with Gasteiger partial charge in [-0.1, -0.05) is 91.9 Å². The molecule has 0 saturated carbocycles. The van der Waals surface area contributed by atoms with E-state index in [0.717, 1.165) is 6.42 Å². The van der Waals surface area contributed by atoms with E-state index in [1.807, 2.05) is 0 Å². The number of hydrogen-bond acceptors (Lipinski definition) is 0. The van der Waals surface area contributed by atoms with Crippen molar-refractivity contribution < 1.29 is 0 Å². The van der Waals surface area contributed by atoms with Gasteiger partial charge in [-0.05, 0) is 48.4 Å². The minimum Gasteiger partial charge on any atom is -0.0622 e. The lowest BCUT2D eigenvalue weighted by molar-refractivity contribution is 0.882. The van der Waals surface area contributed by atoms with Gasteiger partial charge in [-0.25, -0.2) is 0 Å². The van der Waals surface area contributed by atoms with Gasteiger partial charge in [0.15, 0.2) is 0 Å². The number of rotatable bonds is 6. The van der Waals surface area contributed by atoms with Crippen LogP contribution in [-0.4, -0.2) is 0 Å². The third kappa shape index (κ3) is 3.30. The Morgan fingerprint density at radius 2 is 0.821 bits per heavy atom. The summed E-state index contributed by atoms with van der Waals surface area (Å²) in [6.07, 6.45) is 1.09. The second-order valence-corrected chi connectivity index (χ2v) is 10.7. The fourth-order valence-electron chi connectivity index (χ4n) is 4.38. The molecule has 1 unspecified atom stereocenters. The Bertz CT molecular complexity index is 883. The molecule has 0 spiro atoms. The van der Waals surface area contributed by atoms with E-state index < -0.39 is 7.26 Å². The van der Waals surface area contributed by atoms with Crippen LogP contribution in [0.5, 0.6) is 0 Å². The molecule has 1 atom stereocenters. The van der Waals surface area contributed by atoms with Crippen molar-refractivity contribution in [2.24, 2.45) is 0 Å². The maximum Gasteiger partial charge on any atom is 0.119 e. The summed E-state index contributed by atoms with van der Waals surface area (Å²) < 4.78 is 0. The Hall–Kier alpha value is -2.69. The highest BCUT2D eigenvalue weighted by Crippen LogP contribution is 2.67. The maximum atomic E-state index is 2.33. The summed E-state index contributed by atoms with van der Waals surface area (Å²) in [5.41, 5.74) is 1.86. The molecule has 4 aromatic rings. The van der Waals surface area contributed by atoms with E-state index in [-0.39, 0.29) is 0 Å². The van der Waals surface area contributed by atoms with Gasteiger partial charge in [0.05, 0.1) is 0 Å². The molecule has 1 heteroatoms. The zero-order valence-electron chi connectivity index (χ0n) is 16.3. The van der Waals surface area contributed by atoms with Crippen molar-refractivity contribution in [3.63, 3.8) is 0 Å². The van der Waals surface area contributed by atoms with E-state index in [9.17, 15) is 0 Å². The molecule has 0 aliphatic rings. The van der Waals surface area contributed by atoms with Crippen molar-refractivity contribution in [2.75, 3.05) is 0 Å². The fourth-order valence-corrected chi connectivity index (χ4v) is 9.45. The molecule has 0 saturated heterocycles. The first-order valence-electron chi connectivity index (χ1n) is 9.98. The van der Waals surface area contributed by atoms with Crippen molar-refractivity contribution in [1.29, 1.82) is 0 Å². The first-order chi connectivity index (χ1) is 13.9. The van der Waals surface area contributed by atoms with E-state index in [4.69, 9.17) is 0 Å². The van der Waals surface area contributed by atoms with E-state index in [1.165, 1.54) is 21.5 Å². The highest BCUT2D eigenvalue weighted by Gasteiger charge is 2.52. The third-order valence-corrected chi connectivity index (χ3v) is 10.5. The third-order valence-electron chi connectivity index (χ3n) is 5.53. The standard InChI is InChI=1S/C27H26P/c1-2-27(23-15-7-3-8-16-23)28(24-17-9-4-10-18-24,25-19-11-5-12-20-25)26-21-13-6-14-22-26/h3-22,27H,2H2,1H3/q+1. The number of benzene rings is 4. The molecule has 0 amide bonds. The molecule has 0 N–H and O–H groups in total. The van der Waals surface area contributed by atoms with Crippen LogP contribution in [0, 0.1) is 0 Å². The first kappa shape index (κ1) is 18.7. The Balaban J connectivity index is 2.10. The van der Waals surface area contributed by atoms with Crippen molar-refractivity contribution in [3.8, 4) is 0 Å². The SMILES string of the molecule is CCC(c1ccccc1)[P+](c1ccccc1)(c1ccccc1)c1ccccc1. The predicted molar refractivity (Wildman–Crippen MR) is 125 cm³/mol. The molecule has 0 aliphatic carbocycles. The molecule has 0 nitrogen and oxygen atoms in total. The molecule has 4 aromatic carbocycles. The van der Waals surface area contributed by atoms with Crippen molar-refractivity contribution in [2.45, 2.75) is 19.0 Å². The smallest absolute Gasteiger partial charge is 0.0622 e. The van der Waals surface area contributed by atoms with Gasteiger partial charge in [-0.15, -0.1) is 0 Å². The molecular formula is C27H26P+. The van der Waals surface area contributed by atoms with Gasteiger partial charge in [0.2, 0.25) is 0 Å². The van der Waals surface area contributed by atoms with E-state index in [2.05, 4.69) is 128 Å². The van der Waals surface area contributed by atoms with Gasteiger partial charge < -0.3 is 0 Å². The molecule has 0 bridgehead atoms. The second kappa shape index (κ2) is 8.55. The fraction of sp³-hybridized carbons (Fsp3) is 0.111.